The molecule has 0 aliphatic carbocycles. The first kappa shape index (κ1) is 11.9. The maximum Gasteiger partial charge on any atom is 0.123 e. The summed E-state index contributed by atoms with van der Waals surface area (Å²) in [7, 11) is 0. The summed E-state index contributed by atoms with van der Waals surface area (Å²) in [6.45, 7) is 2.95. The van der Waals surface area contributed by atoms with Crippen molar-refractivity contribution in [1.82, 2.24) is 14.5 Å². The Labute approximate surface area is 115 Å². The maximum absolute atomic E-state index is 5.61. The first-order valence-corrected chi connectivity index (χ1v) is 6.81. The zero-order valence-electron chi connectivity index (χ0n) is 10.6. The predicted octanol–water partition coefficient (Wildman–Crippen LogP) is 2.95. The molecule has 96 valence electrons. The van der Waals surface area contributed by atoms with Gasteiger partial charge in [0, 0.05) is 21.5 Å². The molecule has 0 spiro atoms. The average Bonchev–Trinajstić information content (AvgIpc) is 3.00. The molecule has 4 nitrogen and oxygen atoms in total. The van der Waals surface area contributed by atoms with Gasteiger partial charge in [0.1, 0.15) is 5.82 Å². The molecule has 0 radical (unpaired) electrons. The molecular formula is C14H14N4S. The second kappa shape index (κ2) is 4.85. The van der Waals surface area contributed by atoms with Crippen LogP contribution in [0.3, 0.4) is 0 Å². The van der Waals surface area contributed by atoms with E-state index in [4.69, 9.17) is 5.73 Å². The molecule has 0 amide bonds. The van der Waals surface area contributed by atoms with Crippen LogP contribution in [-0.2, 0) is 6.54 Å². The van der Waals surface area contributed by atoms with E-state index in [2.05, 4.69) is 33.6 Å². The number of aryl methyl sites for hydroxylation is 1. The molecule has 3 aromatic heterocycles. The van der Waals surface area contributed by atoms with E-state index in [-0.39, 0.29) is 0 Å². The van der Waals surface area contributed by atoms with Crippen molar-refractivity contribution in [3.05, 3.63) is 52.7 Å². The molecule has 3 heterocycles. The fourth-order valence-corrected chi connectivity index (χ4v) is 2.87. The van der Waals surface area contributed by atoms with Crippen molar-refractivity contribution in [2.45, 2.75) is 13.5 Å². The number of pyridine rings is 1. The average molecular weight is 270 g/mol. The van der Waals surface area contributed by atoms with Crippen molar-refractivity contribution in [1.29, 1.82) is 0 Å². The van der Waals surface area contributed by atoms with Crippen molar-refractivity contribution in [2.24, 2.45) is 0 Å². The van der Waals surface area contributed by atoms with Crippen LogP contribution in [0.15, 0.2) is 43.0 Å². The van der Waals surface area contributed by atoms with Crippen molar-refractivity contribution in [2.75, 3.05) is 5.73 Å². The van der Waals surface area contributed by atoms with Crippen LogP contribution in [0.1, 0.15) is 9.75 Å². The van der Waals surface area contributed by atoms with Crippen molar-refractivity contribution >= 4 is 17.2 Å². The fourth-order valence-electron chi connectivity index (χ4n) is 1.98. The van der Waals surface area contributed by atoms with Gasteiger partial charge in [0.25, 0.3) is 0 Å². The molecule has 0 saturated carbocycles. The largest absolute Gasteiger partial charge is 0.384 e. The third-order valence-corrected chi connectivity index (χ3v) is 3.90. The number of anilines is 1. The van der Waals surface area contributed by atoms with Gasteiger partial charge in [0.05, 0.1) is 24.8 Å². The van der Waals surface area contributed by atoms with E-state index in [0.717, 1.165) is 17.8 Å². The normalized spacial score (nSPS) is 10.8. The fraction of sp³-hybridized carbons (Fsp3) is 0.143. The number of rotatable bonds is 3. The van der Waals surface area contributed by atoms with E-state index >= 15 is 0 Å². The van der Waals surface area contributed by atoms with Crippen LogP contribution >= 0.6 is 11.3 Å². The van der Waals surface area contributed by atoms with E-state index in [1.54, 1.807) is 6.20 Å². The van der Waals surface area contributed by atoms with Crippen LogP contribution in [0.25, 0.3) is 11.3 Å². The Morgan fingerprint density at radius 2 is 2.11 bits per heavy atom. The highest BCUT2D eigenvalue weighted by Crippen LogP contribution is 2.22. The van der Waals surface area contributed by atoms with Gasteiger partial charge in [-0.2, -0.15) is 0 Å². The van der Waals surface area contributed by atoms with Gasteiger partial charge in [-0.3, -0.25) is 0 Å². The highest BCUT2D eigenvalue weighted by atomic mass is 32.1. The number of aromatic nitrogens is 3. The zero-order chi connectivity index (χ0) is 13.2. The van der Waals surface area contributed by atoms with Gasteiger partial charge in [-0.15, -0.1) is 11.3 Å². The number of hydrogen-bond donors (Lipinski definition) is 1. The lowest BCUT2D eigenvalue weighted by molar-refractivity contribution is 0.817. The number of nitrogen functional groups attached to an aromatic ring is 1. The molecule has 5 heteroatoms. The Balaban J connectivity index is 1.92. The minimum absolute atomic E-state index is 0.531. The molecule has 0 fully saturated rings. The van der Waals surface area contributed by atoms with Gasteiger partial charge >= 0.3 is 0 Å². The number of hydrogen-bond acceptors (Lipinski definition) is 4. The molecule has 0 unspecified atom stereocenters. The summed E-state index contributed by atoms with van der Waals surface area (Å²) in [4.78, 5) is 11.0. The van der Waals surface area contributed by atoms with E-state index < -0.39 is 0 Å². The van der Waals surface area contributed by atoms with Gasteiger partial charge in [-0.25, -0.2) is 9.97 Å². The van der Waals surface area contributed by atoms with Crippen LogP contribution in [0.5, 0.6) is 0 Å². The molecule has 0 aromatic carbocycles. The molecule has 0 saturated heterocycles. The molecule has 3 rings (SSSR count). The molecule has 3 aromatic rings. The topological polar surface area (TPSA) is 56.7 Å². The Bertz CT molecular complexity index is 682. The zero-order valence-corrected chi connectivity index (χ0v) is 11.4. The molecular weight excluding hydrogens is 256 g/mol. The Kier molecular flexibility index (Phi) is 3.05. The third-order valence-electron chi connectivity index (χ3n) is 2.92. The minimum Gasteiger partial charge on any atom is -0.384 e. The van der Waals surface area contributed by atoms with Crippen LogP contribution in [-0.4, -0.2) is 14.5 Å². The first-order valence-electron chi connectivity index (χ1n) is 6.00. The third kappa shape index (κ3) is 2.51. The van der Waals surface area contributed by atoms with E-state index in [9.17, 15) is 0 Å². The predicted molar refractivity (Wildman–Crippen MR) is 78.0 cm³/mol. The quantitative estimate of drug-likeness (QED) is 0.796. The van der Waals surface area contributed by atoms with Crippen LogP contribution in [0.4, 0.5) is 5.82 Å². The van der Waals surface area contributed by atoms with E-state index in [0.29, 0.717) is 5.82 Å². The van der Waals surface area contributed by atoms with Crippen LogP contribution in [0.2, 0.25) is 0 Å². The number of imidazole rings is 1. The molecule has 0 atom stereocenters. The summed E-state index contributed by atoms with van der Waals surface area (Å²) >= 11 is 1.81. The molecule has 0 aliphatic rings. The standard InChI is InChI=1S/C14H14N4S/c1-10-2-4-12(19-10)8-18-9-16-7-13(18)11-3-5-14(15)17-6-11/h2-7,9H,8H2,1H3,(H2,15,17). The Hall–Kier alpha value is -2.14. The molecule has 0 bridgehead atoms. The molecule has 19 heavy (non-hydrogen) atoms. The highest BCUT2D eigenvalue weighted by molar-refractivity contribution is 7.11. The number of thiophene rings is 1. The van der Waals surface area contributed by atoms with E-state index in [1.807, 2.05) is 36.0 Å². The summed E-state index contributed by atoms with van der Waals surface area (Å²) < 4.78 is 2.12. The maximum atomic E-state index is 5.61. The van der Waals surface area contributed by atoms with Crippen LogP contribution in [0, 0.1) is 6.92 Å². The lowest BCUT2D eigenvalue weighted by Gasteiger charge is -2.06. The summed E-state index contributed by atoms with van der Waals surface area (Å²) in [6, 6.07) is 8.07. The van der Waals surface area contributed by atoms with Gasteiger partial charge in [0.15, 0.2) is 0 Å². The molecule has 0 aliphatic heterocycles. The monoisotopic (exact) mass is 270 g/mol. The second-order valence-electron chi connectivity index (χ2n) is 4.39. The summed E-state index contributed by atoms with van der Waals surface area (Å²) in [5.74, 6) is 0.531. The van der Waals surface area contributed by atoms with Gasteiger partial charge in [-0.05, 0) is 31.2 Å². The lowest BCUT2D eigenvalue weighted by atomic mass is 10.2. The Morgan fingerprint density at radius 3 is 2.79 bits per heavy atom. The van der Waals surface area contributed by atoms with E-state index in [1.165, 1.54) is 9.75 Å². The smallest absolute Gasteiger partial charge is 0.123 e. The summed E-state index contributed by atoms with van der Waals surface area (Å²) in [5, 5.41) is 0. The van der Waals surface area contributed by atoms with Crippen molar-refractivity contribution < 1.29 is 0 Å². The summed E-state index contributed by atoms with van der Waals surface area (Å²) in [6.07, 6.45) is 5.48. The van der Waals surface area contributed by atoms with Gasteiger partial charge < -0.3 is 10.3 Å². The van der Waals surface area contributed by atoms with Crippen LogP contribution < -0.4 is 5.73 Å². The van der Waals surface area contributed by atoms with Crippen molar-refractivity contribution in [3.8, 4) is 11.3 Å². The SMILES string of the molecule is Cc1ccc(Cn2cncc2-c2ccc(N)nc2)s1. The number of nitrogens with two attached hydrogens (primary N) is 1. The van der Waals surface area contributed by atoms with Gasteiger partial charge in [0.2, 0.25) is 0 Å². The second-order valence-corrected chi connectivity index (χ2v) is 5.76. The lowest BCUT2D eigenvalue weighted by Crippen LogP contribution is -1.99. The number of nitrogens with zero attached hydrogens (tertiary/aromatic N) is 3. The van der Waals surface area contributed by atoms with Crippen molar-refractivity contribution in [3.63, 3.8) is 0 Å². The van der Waals surface area contributed by atoms with Gasteiger partial charge in [-0.1, -0.05) is 0 Å². The Morgan fingerprint density at radius 1 is 1.21 bits per heavy atom. The summed E-state index contributed by atoms with van der Waals surface area (Å²) in [5.41, 5.74) is 7.69. The first-order chi connectivity index (χ1) is 9.22. The highest BCUT2D eigenvalue weighted by Gasteiger charge is 2.07. The minimum atomic E-state index is 0.531. The molecule has 2 N–H and O–H groups in total.